The van der Waals surface area contributed by atoms with Crippen LogP contribution in [0.15, 0.2) is 47.1 Å². The molecule has 0 aromatic carbocycles. The van der Waals surface area contributed by atoms with Crippen LogP contribution in [0.3, 0.4) is 0 Å². The summed E-state index contributed by atoms with van der Waals surface area (Å²) in [4.78, 5) is 13.8. The molecule has 0 amide bonds. The summed E-state index contributed by atoms with van der Waals surface area (Å²) in [6, 6.07) is 0. The molecule has 3 N–H and O–H groups in total. The molecule has 11 atom stereocenters. The molecular formula is C31H44O8. The third-order valence-electron chi connectivity index (χ3n) is 9.57. The highest BCUT2D eigenvalue weighted by atomic mass is 16.7. The van der Waals surface area contributed by atoms with Gasteiger partial charge in [-0.1, -0.05) is 44.2 Å². The zero-order valence-electron chi connectivity index (χ0n) is 23.7. The minimum Gasteiger partial charge on any atom is -0.462 e. The van der Waals surface area contributed by atoms with E-state index in [0.717, 1.165) is 12.0 Å². The number of esters is 1. The van der Waals surface area contributed by atoms with Crippen LogP contribution >= 0.6 is 0 Å². The maximum absolute atomic E-state index is 13.8. The van der Waals surface area contributed by atoms with Gasteiger partial charge in [0.1, 0.15) is 29.8 Å². The van der Waals surface area contributed by atoms with Gasteiger partial charge in [0.15, 0.2) is 5.79 Å². The molecule has 8 nitrogen and oxygen atoms in total. The number of ether oxygens (including phenoxy) is 4. The Morgan fingerprint density at radius 1 is 1.03 bits per heavy atom. The molecular weight excluding hydrogens is 500 g/mol. The third kappa shape index (κ3) is 5.32. The van der Waals surface area contributed by atoms with E-state index in [1.54, 1.807) is 25.2 Å². The zero-order chi connectivity index (χ0) is 28.1. The third-order valence-corrected chi connectivity index (χ3v) is 9.57. The van der Waals surface area contributed by atoms with Gasteiger partial charge in [-0.05, 0) is 56.3 Å². The van der Waals surface area contributed by atoms with E-state index in [0.29, 0.717) is 42.7 Å². The van der Waals surface area contributed by atoms with Crippen molar-refractivity contribution in [3.63, 3.8) is 0 Å². The molecule has 39 heavy (non-hydrogen) atoms. The molecule has 11 unspecified atom stereocenters. The standard InChI is InChI=1S/C31H44O8/c1-17-11-12-30(38-21(17)5)15-24-14-23(39-30)10-9-19(3)26(32)18(2)7-6-8-22-16-36-28-27(33)20(4)13-25(29(34)37-24)31(22,28)35/h6-9,13,17-18,21,23-28,32-33,35H,10-12,14-16H2,1-5H3. The van der Waals surface area contributed by atoms with Gasteiger partial charge in [-0.25, -0.2) is 0 Å². The van der Waals surface area contributed by atoms with Gasteiger partial charge in [0.05, 0.1) is 24.9 Å². The molecule has 0 aromatic rings. The number of hydrogen-bond donors (Lipinski definition) is 3. The van der Waals surface area contributed by atoms with E-state index in [2.05, 4.69) is 13.8 Å². The van der Waals surface area contributed by atoms with Crippen LogP contribution in [0.25, 0.3) is 0 Å². The normalized spacial score (nSPS) is 47.1. The second-order valence-electron chi connectivity index (χ2n) is 12.4. The first-order chi connectivity index (χ1) is 18.4. The van der Waals surface area contributed by atoms with Crippen molar-refractivity contribution in [2.75, 3.05) is 6.61 Å². The van der Waals surface area contributed by atoms with E-state index < -0.39 is 47.7 Å². The minimum absolute atomic E-state index is 0.00802. The fourth-order valence-electron chi connectivity index (χ4n) is 6.80. The van der Waals surface area contributed by atoms with Crippen molar-refractivity contribution in [3.8, 4) is 0 Å². The molecule has 4 heterocycles. The average Bonchev–Trinajstić information content (AvgIpc) is 3.23. The highest BCUT2D eigenvalue weighted by molar-refractivity contribution is 5.78. The molecule has 3 fully saturated rings. The van der Waals surface area contributed by atoms with Crippen molar-refractivity contribution in [1.29, 1.82) is 0 Å². The van der Waals surface area contributed by atoms with Crippen LogP contribution in [0, 0.1) is 17.8 Å². The number of carbonyl (C=O) groups excluding carboxylic acids is 1. The number of fused-ring (bicyclic) bond motifs is 2. The SMILES string of the molecule is CC1=CCC2CC(CC3(CCC(C)C(C)O3)O2)OC(=O)C2C=C(C)C(O)C3OCC(=CC=CC(C)C1O)C23O. The molecule has 1 aliphatic carbocycles. The Balaban J connectivity index is 1.53. The van der Waals surface area contributed by atoms with E-state index in [-0.39, 0.29) is 24.7 Å². The average molecular weight is 545 g/mol. The lowest BCUT2D eigenvalue weighted by molar-refractivity contribution is -0.332. The van der Waals surface area contributed by atoms with Gasteiger partial charge in [-0.15, -0.1) is 0 Å². The molecule has 4 aliphatic heterocycles. The Bertz CT molecular complexity index is 1080. The summed E-state index contributed by atoms with van der Waals surface area (Å²) in [7, 11) is 0. The quantitative estimate of drug-likeness (QED) is 0.314. The van der Waals surface area contributed by atoms with Gasteiger partial charge < -0.3 is 34.3 Å². The van der Waals surface area contributed by atoms with E-state index in [1.165, 1.54) is 0 Å². The van der Waals surface area contributed by atoms with Crippen molar-refractivity contribution in [2.24, 2.45) is 17.8 Å². The molecule has 5 rings (SSSR count). The van der Waals surface area contributed by atoms with Crippen molar-refractivity contribution in [1.82, 2.24) is 0 Å². The van der Waals surface area contributed by atoms with Crippen molar-refractivity contribution >= 4 is 5.97 Å². The van der Waals surface area contributed by atoms with Crippen molar-refractivity contribution in [3.05, 3.63) is 47.1 Å². The lowest BCUT2D eigenvalue weighted by Gasteiger charge is -2.49. The van der Waals surface area contributed by atoms with E-state index in [9.17, 15) is 20.1 Å². The summed E-state index contributed by atoms with van der Waals surface area (Å²) in [6.07, 6.45) is 8.67. The molecule has 0 aromatic heterocycles. The van der Waals surface area contributed by atoms with Gasteiger partial charge in [0.25, 0.3) is 0 Å². The Labute approximate surface area is 231 Å². The first-order valence-corrected chi connectivity index (χ1v) is 14.4. The lowest BCUT2D eigenvalue weighted by atomic mass is 9.71. The zero-order valence-corrected chi connectivity index (χ0v) is 23.7. The fraction of sp³-hybridized carbons (Fsp3) is 0.710. The summed E-state index contributed by atoms with van der Waals surface area (Å²) in [5.74, 6) is -2.21. The number of carbonyl (C=O) groups is 1. The number of aliphatic hydroxyl groups is 3. The maximum atomic E-state index is 13.8. The van der Waals surface area contributed by atoms with E-state index in [4.69, 9.17) is 18.9 Å². The highest BCUT2D eigenvalue weighted by Crippen LogP contribution is 2.47. The van der Waals surface area contributed by atoms with Crippen LogP contribution in [0.1, 0.15) is 66.7 Å². The molecule has 3 saturated heterocycles. The Morgan fingerprint density at radius 2 is 1.79 bits per heavy atom. The predicted octanol–water partition coefficient (Wildman–Crippen LogP) is 3.51. The first kappa shape index (κ1) is 28.7. The molecule has 0 saturated carbocycles. The molecule has 5 aliphatic rings. The molecule has 216 valence electrons. The monoisotopic (exact) mass is 544 g/mol. The van der Waals surface area contributed by atoms with Crippen LogP contribution in [-0.2, 0) is 23.7 Å². The summed E-state index contributed by atoms with van der Waals surface area (Å²) >= 11 is 0. The van der Waals surface area contributed by atoms with Crippen LogP contribution in [0.4, 0.5) is 0 Å². The van der Waals surface area contributed by atoms with Crippen LogP contribution in [-0.4, -0.2) is 75.9 Å². The minimum atomic E-state index is -1.75. The Kier molecular flexibility index (Phi) is 8.01. The van der Waals surface area contributed by atoms with Crippen molar-refractivity contribution < 1.29 is 39.1 Å². The summed E-state index contributed by atoms with van der Waals surface area (Å²) < 4.78 is 25.1. The molecule has 2 bridgehead atoms. The number of aliphatic hydroxyl groups excluding tert-OH is 2. The number of hydrogen-bond acceptors (Lipinski definition) is 8. The fourth-order valence-corrected chi connectivity index (χ4v) is 6.80. The summed E-state index contributed by atoms with van der Waals surface area (Å²) in [5, 5.41) is 33.8. The van der Waals surface area contributed by atoms with Crippen LogP contribution in [0.5, 0.6) is 0 Å². The molecule has 0 radical (unpaired) electrons. The second-order valence-corrected chi connectivity index (χ2v) is 12.4. The van der Waals surface area contributed by atoms with Gasteiger partial charge in [-0.2, -0.15) is 0 Å². The topological polar surface area (TPSA) is 115 Å². The maximum Gasteiger partial charge on any atom is 0.316 e. The largest absolute Gasteiger partial charge is 0.462 e. The predicted molar refractivity (Wildman–Crippen MR) is 144 cm³/mol. The number of allylic oxidation sites excluding steroid dienone is 2. The summed E-state index contributed by atoms with van der Waals surface area (Å²) in [6.45, 7) is 9.87. The van der Waals surface area contributed by atoms with Gasteiger partial charge in [-0.3, -0.25) is 4.79 Å². The Morgan fingerprint density at radius 3 is 2.54 bits per heavy atom. The molecule has 8 heteroatoms. The molecule has 1 spiro atoms. The van der Waals surface area contributed by atoms with Gasteiger partial charge in [0.2, 0.25) is 0 Å². The van der Waals surface area contributed by atoms with Gasteiger partial charge >= 0.3 is 5.97 Å². The van der Waals surface area contributed by atoms with E-state index >= 15 is 0 Å². The number of rotatable bonds is 0. The van der Waals surface area contributed by atoms with Crippen LogP contribution in [0.2, 0.25) is 0 Å². The second kappa shape index (κ2) is 10.9. The first-order valence-electron chi connectivity index (χ1n) is 14.4. The van der Waals surface area contributed by atoms with Gasteiger partial charge in [0, 0.05) is 25.2 Å². The summed E-state index contributed by atoms with van der Waals surface area (Å²) in [5.41, 5.74) is 0.154. The van der Waals surface area contributed by atoms with Crippen molar-refractivity contribution in [2.45, 2.75) is 115 Å². The van der Waals surface area contributed by atoms with Crippen LogP contribution < -0.4 is 0 Å². The van der Waals surface area contributed by atoms with E-state index in [1.807, 2.05) is 26.0 Å². The Hall–Kier alpha value is -1.81. The highest BCUT2D eigenvalue weighted by Gasteiger charge is 2.60. The lowest BCUT2D eigenvalue weighted by Crippen LogP contribution is -2.58. The smallest absolute Gasteiger partial charge is 0.316 e.